The molecule has 32 heavy (non-hydrogen) atoms. The summed E-state index contributed by atoms with van der Waals surface area (Å²) in [6.45, 7) is 0.748. The summed E-state index contributed by atoms with van der Waals surface area (Å²) >= 11 is 12.1. The Kier molecular flexibility index (Phi) is 7.61. The van der Waals surface area contributed by atoms with Gasteiger partial charge in [0, 0.05) is 19.5 Å². The van der Waals surface area contributed by atoms with Gasteiger partial charge in [-0.05, 0) is 35.3 Å². The lowest BCUT2D eigenvalue weighted by molar-refractivity contribution is -0.139. The molecule has 10 heteroatoms. The highest BCUT2D eigenvalue weighted by atomic mass is 35.5. The molecule has 1 aliphatic heterocycles. The summed E-state index contributed by atoms with van der Waals surface area (Å²) in [5.74, 6) is -1.84. The minimum atomic E-state index is -3.21. The van der Waals surface area contributed by atoms with Crippen LogP contribution in [0.4, 0.5) is 0 Å². The molecule has 0 spiro atoms. The Morgan fingerprint density at radius 1 is 1.12 bits per heavy atom. The van der Waals surface area contributed by atoms with Crippen LogP contribution in [0.25, 0.3) is 5.57 Å². The van der Waals surface area contributed by atoms with Gasteiger partial charge >= 0.3 is 5.97 Å². The molecule has 1 heterocycles. The molecule has 2 aromatic rings. The van der Waals surface area contributed by atoms with Crippen molar-refractivity contribution in [3.05, 3.63) is 75.3 Å². The van der Waals surface area contributed by atoms with Gasteiger partial charge in [0.2, 0.25) is 10.0 Å². The lowest BCUT2D eigenvalue weighted by Crippen LogP contribution is -2.42. The van der Waals surface area contributed by atoms with Gasteiger partial charge in [0.25, 0.3) is 5.91 Å². The number of sulfonamides is 1. The molecule has 1 amide bonds. The van der Waals surface area contributed by atoms with Crippen LogP contribution in [0.3, 0.4) is 0 Å². The number of carbonyl (C=O) groups is 2. The van der Waals surface area contributed by atoms with E-state index in [1.165, 1.54) is 22.7 Å². The van der Waals surface area contributed by atoms with E-state index in [0.717, 1.165) is 16.7 Å². The smallest absolute Gasteiger partial charge is 0.326 e. The largest absolute Gasteiger partial charge is 0.480 e. The molecule has 0 bridgehead atoms. The first-order valence-electron chi connectivity index (χ1n) is 9.77. The van der Waals surface area contributed by atoms with Crippen LogP contribution in [0.1, 0.15) is 27.9 Å². The summed E-state index contributed by atoms with van der Waals surface area (Å²) in [6.07, 6.45) is 3.74. The van der Waals surface area contributed by atoms with Crippen molar-refractivity contribution in [2.75, 3.05) is 19.3 Å². The lowest BCUT2D eigenvalue weighted by atomic mass is 9.97. The number of carbonyl (C=O) groups excluding carboxylic acids is 1. The lowest BCUT2D eigenvalue weighted by Gasteiger charge is -2.24. The molecule has 0 aliphatic carbocycles. The number of nitrogens with zero attached hydrogens (tertiary/aromatic N) is 1. The van der Waals surface area contributed by atoms with Crippen molar-refractivity contribution in [2.45, 2.75) is 18.9 Å². The quantitative estimate of drug-likeness (QED) is 0.610. The molecule has 7 nitrogen and oxygen atoms in total. The Morgan fingerprint density at radius 2 is 1.75 bits per heavy atom. The van der Waals surface area contributed by atoms with E-state index >= 15 is 0 Å². The second kappa shape index (κ2) is 10.0. The van der Waals surface area contributed by atoms with Crippen molar-refractivity contribution < 1.29 is 23.1 Å². The van der Waals surface area contributed by atoms with Gasteiger partial charge in [0.15, 0.2) is 0 Å². The summed E-state index contributed by atoms with van der Waals surface area (Å²) in [5.41, 5.74) is 2.74. The number of nitrogens with one attached hydrogen (secondary N) is 1. The van der Waals surface area contributed by atoms with Crippen LogP contribution in [0.15, 0.2) is 48.5 Å². The Balaban J connectivity index is 1.69. The number of carboxylic acids is 1. The molecule has 0 saturated carbocycles. The molecular formula is C22H22Cl2N2O5S. The fourth-order valence-electron chi connectivity index (χ4n) is 3.45. The molecule has 0 aromatic heterocycles. The molecular weight excluding hydrogens is 475 g/mol. The van der Waals surface area contributed by atoms with Gasteiger partial charge in [-0.1, -0.05) is 59.6 Å². The van der Waals surface area contributed by atoms with E-state index in [0.29, 0.717) is 19.5 Å². The number of rotatable bonds is 7. The standard InChI is InChI=1S/C22H22Cl2N2O5S/c1-32(30,31)26-11-9-16(10-12-26)15-7-5-14(6-8-15)13-19(22(28)29)25-21(27)20-17(23)3-2-4-18(20)24/h2-9,19H,10-13H2,1H3,(H,25,27)(H,28,29)/t19-/m0/s1. The van der Waals surface area contributed by atoms with Gasteiger partial charge < -0.3 is 10.4 Å². The summed E-state index contributed by atoms with van der Waals surface area (Å²) in [4.78, 5) is 24.3. The van der Waals surface area contributed by atoms with E-state index in [4.69, 9.17) is 23.2 Å². The van der Waals surface area contributed by atoms with Gasteiger partial charge in [-0.25, -0.2) is 13.2 Å². The predicted molar refractivity (Wildman–Crippen MR) is 125 cm³/mol. The first-order chi connectivity index (χ1) is 15.1. The predicted octanol–water partition coefficient (Wildman–Crippen LogP) is 3.47. The Hall–Kier alpha value is -2.39. The summed E-state index contributed by atoms with van der Waals surface area (Å²) < 4.78 is 24.7. The first kappa shape index (κ1) is 24.3. The number of aliphatic carboxylic acids is 1. The molecule has 0 saturated heterocycles. The SMILES string of the molecule is CS(=O)(=O)N1CC=C(c2ccc(C[C@H](NC(=O)c3c(Cl)cccc3Cl)C(=O)O)cc2)CC1. The normalized spacial score (nSPS) is 15.7. The number of carboxylic acid groups (broad SMARTS) is 1. The van der Waals surface area contributed by atoms with E-state index in [1.54, 1.807) is 18.2 Å². The minimum absolute atomic E-state index is 0.0322. The molecule has 0 radical (unpaired) electrons. The molecule has 1 atom stereocenters. The number of amides is 1. The van der Waals surface area contributed by atoms with Crippen molar-refractivity contribution >= 4 is 50.7 Å². The van der Waals surface area contributed by atoms with Gasteiger partial charge in [-0.15, -0.1) is 0 Å². The molecule has 0 unspecified atom stereocenters. The van der Waals surface area contributed by atoms with E-state index in [-0.39, 0.29) is 22.0 Å². The number of halogens is 2. The second-order valence-corrected chi connectivity index (χ2v) is 10.3. The summed E-state index contributed by atoms with van der Waals surface area (Å²) in [5, 5.41) is 12.3. The number of hydrogen-bond acceptors (Lipinski definition) is 4. The Labute approximate surface area is 196 Å². The van der Waals surface area contributed by atoms with Gasteiger partial charge in [0.05, 0.1) is 21.9 Å². The second-order valence-electron chi connectivity index (χ2n) is 7.46. The molecule has 170 valence electrons. The van der Waals surface area contributed by atoms with E-state index in [2.05, 4.69) is 5.32 Å². The maximum atomic E-state index is 12.6. The van der Waals surface area contributed by atoms with Crippen LogP contribution >= 0.6 is 23.2 Å². The highest BCUT2D eigenvalue weighted by Gasteiger charge is 2.24. The zero-order valence-electron chi connectivity index (χ0n) is 17.2. The maximum absolute atomic E-state index is 12.6. The van der Waals surface area contributed by atoms with E-state index in [1.807, 2.05) is 18.2 Å². The highest BCUT2D eigenvalue weighted by molar-refractivity contribution is 7.88. The van der Waals surface area contributed by atoms with Crippen LogP contribution in [-0.4, -0.2) is 55.1 Å². The molecule has 1 aliphatic rings. The van der Waals surface area contributed by atoms with Crippen LogP contribution in [0.5, 0.6) is 0 Å². The molecule has 2 aromatic carbocycles. The minimum Gasteiger partial charge on any atom is -0.480 e. The molecule has 2 N–H and O–H groups in total. The first-order valence-corrected chi connectivity index (χ1v) is 12.4. The maximum Gasteiger partial charge on any atom is 0.326 e. The highest BCUT2D eigenvalue weighted by Crippen LogP contribution is 2.25. The van der Waals surface area contributed by atoms with E-state index < -0.39 is 27.9 Å². The van der Waals surface area contributed by atoms with Gasteiger partial charge in [0.1, 0.15) is 6.04 Å². The average Bonchev–Trinajstić information content (AvgIpc) is 2.73. The van der Waals surface area contributed by atoms with E-state index in [9.17, 15) is 23.1 Å². The van der Waals surface area contributed by atoms with Crippen LogP contribution < -0.4 is 5.32 Å². The summed E-state index contributed by atoms with van der Waals surface area (Å²) in [7, 11) is -3.21. The third-order valence-electron chi connectivity index (χ3n) is 5.20. The number of hydrogen-bond donors (Lipinski definition) is 2. The Bertz CT molecular complexity index is 1140. The van der Waals surface area contributed by atoms with Crippen LogP contribution in [-0.2, 0) is 21.2 Å². The fourth-order valence-corrected chi connectivity index (χ4v) is 4.79. The topological polar surface area (TPSA) is 104 Å². The van der Waals surface area contributed by atoms with Crippen molar-refractivity contribution in [1.29, 1.82) is 0 Å². The zero-order valence-corrected chi connectivity index (χ0v) is 19.5. The van der Waals surface area contributed by atoms with Crippen molar-refractivity contribution in [1.82, 2.24) is 9.62 Å². The third-order valence-corrected chi connectivity index (χ3v) is 7.10. The van der Waals surface area contributed by atoms with Crippen LogP contribution in [0, 0.1) is 0 Å². The van der Waals surface area contributed by atoms with Gasteiger partial charge in [-0.3, -0.25) is 4.79 Å². The van der Waals surface area contributed by atoms with Crippen molar-refractivity contribution in [2.24, 2.45) is 0 Å². The van der Waals surface area contributed by atoms with Crippen molar-refractivity contribution in [3.63, 3.8) is 0 Å². The fraction of sp³-hybridized carbons (Fsp3) is 0.273. The summed E-state index contributed by atoms with van der Waals surface area (Å²) in [6, 6.07) is 10.8. The number of benzene rings is 2. The monoisotopic (exact) mass is 496 g/mol. The van der Waals surface area contributed by atoms with Crippen LogP contribution in [0.2, 0.25) is 10.0 Å². The third kappa shape index (κ3) is 5.89. The molecule has 3 rings (SSSR count). The Morgan fingerprint density at radius 3 is 2.25 bits per heavy atom. The average molecular weight is 497 g/mol. The zero-order chi connectivity index (χ0) is 23.5. The van der Waals surface area contributed by atoms with Crippen molar-refractivity contribution in [3.8, 4) is 0 Å². The molecule has 0 fully saturated rings. The van der Waals surface area contributed by atoms with Gasteiger partial charge in [-0.2, -0.15) is 4.31 Å².